The van der Waals surface area contributed by atoms with Crippen LogP contribution in [0, 0.1) is 19.8 Å². The Balaban J connectivity index is 2.45. The first-order valence-corrected chi connectivity index (χ1v) is 5.93. The van der Waals surface area contributed by atoms with E-state index < -0.39 is 0 Å². The summed E-state index contributed by atoms with van der Waals surface area (Å²) in [5.41, 5.74) is 0.987. The third-order valence-electron chi connectivity index (χ3n) is 1.81. The van der Waals surface area contributed by atoms with Crippen molar-refractivity contribution in [2.45, 2.75) is 26.0 Å². The van der Waals surface area contributed by atoms with Crippen molar-refractivity contribution in [2.24, 2.45) is 5.92 Å². The standard InChI is InChI=1S/C9H15NOS2/c1-6(4-12)5-13-9-10-7(2)8(3)11-9/h6,12H,4-5H2,1-3H3. The lowest BCUT2D eigenvalue weighted by Gasteiger charge is -2.03. The molecule has 0 amide bonds. The van der Waals surface area contributed by atoms with Gasteiger partial charge in [-0.15, -0.1) is 0 Å². The maximum Gasteiger partial charge on any atom is 0.256 e. The first-order chi connectivity index (χ1) is 6.13. The SMILES string of the molecule is Cc1nc(SCC(C)CS)oc1C. The van der Waals surface area contributed by atoms with Crippen molar-refractivity contribution >= 4 is 24.4 Å². The average molecular weight is 217 g/mol. The van der Waals surface area contributed by atoms with E-state index in [1.165, 1.54) is 0 Å². The molecule has 0 fully saturated rings. The summed E-state index contributed by atoms with van der Waals surface area (Å²) in [7, 11) is 0. The van der Waals surface area contributed by atoms with Gasteiger partial charge in [0, 0.05) is 5.75 Å². The molecule has 0 saturated carbocycles. The molecule has 1 unspecified atom stereocenters. The Morgan fingerprint density at radius 2 is 2.23 bits per heavy atom. The second-order valence-corrected chi connectivity index (χ2v) is 4.56. The third-order valence-corrected chi connectivity index (χ3v) is 3.59. The molecular formula is C9H15NOS2. The quantitative estimate of drug-likeness (QED) is 0.620. The minimum atomic E-state index is 0.598. The van der Waals surface area contributed by atoms with Gasteiger partial charge in [0.05, 0.1) is 5.69 Å². The van der Waals surface area contributed by atoms with Crippen LogP contribution >= 0.6 is 24.4 Å². The molecule has 0 saturated heterocycles. The summed E-state index contributed by atoms with van der Waals surface area (Å²) in [6.07, 6.45) is 0. The molecule has 0 aliphatic carbocycles. The fraction of sp³-hybridized carbons (Fsp3) is 0.667. The van der Waals surface area contributed by atoms with Crippen molar-refractivity contribution in [3.8, 4) is 0 Å². The molecule has 0 aliphatic heterocycles. The maximum absolute atomic E-state index is 5.44. The zero-order valence-corrected chi connectivity index (χ0v) is 9.91. The molecule has 1 atom stereocenters. The minimum Gasteiger partial charge on any atom is -0.437 e. The van der Waals surface area contributed by atoms with Crippen LogP contribution in [0.4, 0.5) is 0 Å². The topological polar surface area (TPSA) is 26.0 Å². The van der Waals surface area contributed by atoms with E-state index in [0.717, 1.165) is 28.2 Å². The van der Waals surface area contributed by atoms with Gasteiger partial charge in [-0.3, -0.25) is 0 Å². The summed E-state index contributed by atoms with van der Waals surface area (Å²) in [4.78, 5) is 4.29. The van der Waals surface area contributed by atoms with Crippen LogP contribution in [-0.2, 0) is 0 Å². The van der Waals surface area contributed by atoms with Crippen LogP contribution in [-0.4, -0.2) is 16.5 Å². The number of hydrogen-bond donors (Lipinski definition) is 1. The molecule has 74 valence electrons. The second kappa shape index (κ2) is 4.96. The molecule has 1 rings (SSSR count). The fourth-order valence-corrected chi connectivity index (χ4v) is 2.01. The number of nitrogens with zero attached hydrogens (tertiary/aromatic N) is 1. The molecule has 1 aromatic heterocycles. The van der Waals surface area contributed by atoms with Crippen molar-refractivity contribution in [1.29, 1.82) is 0 Å². The van der Waals surface area contributed by atoms with Crippen molar-refractivity contribution in [3.63, 3.8) is 0 Å². The van der Waals surface area contributed by atoms with Gasteiger partial charge in [0.15, 0.2) is 0 Å². The van der Waals surface area contributed by atoms with Crippen LogP contribution in [0.2, 0.25) is 0 Å². The maximum atomic E-state index is 5.44. The van der Waals surface area contributed by atoms with Gasteiger partial charge in [0.25, 0.3) is 5.22 Å². The van der Waals surface area contributed by atoms with E-state index in [4.69, 9.17) is 4.42 Å². The Labute approximate surface area is 88.9 Å². The van der Waals surface area contributed by atoms with Gasteiger partial charge in [-0.1, -0.05) is 18.7 Å². The minimum absolute atomic E-state index is 0.598. The molecule has 0 radical (unpaired) electrons. The number of aromatic nitrogens is 1. The number of aryl methyl sites for hydroxylation is 2. The second-order valence-electron chi connectivity index (χ2n) is 3.22. The van der Waals surface area contributed by atoms with Crippen molar-refractivity contribution in [1.82, 2.24) is 4.98 Å². The number of oxazole rings is 1. The fourth-order valence-electron chi connectivity index (χ4n) is 0.771. The van der Waals surface area contributed by atoms with Gasteiger partial charge < -0.3 is 4.42 Å². The molecule has 1 aromatic rings. The van der Waals surface area contributed by atoms with Gasteiger partial charge in [-0.25, -0.2) is 4.98 Å². The van der Waals surface area contributed by atoms with Crippen molar-refractivity contribution in [3.05, 3.63) is 11.5 Å². The lowest BCUT2D eigenvalue weighted by Crippen LogP contribution is -1.98. The number of hydrogen-bond acceptors (Lipinski definition) is 4. The molecular weight excluding hydrogens is 202 g/mol. The van der Waals surface area contributed by atoms with Crippen molar-refractivity contribution in [2.75, 3.05) is 11.5 Å². The van der Waals surface area contributed by atoms with Gasteiger partial charge >= 0.3 is 0 Å². The first kappa shape index (κ1) is 11.0. The normalized spacial score (nSPS) is 13.2. The smallest absolute Gasteiger partial charge is 0.256 e. The Bertz CT molecular complexity index is 253. The van der Waals surface area contributed by atoms with Crippen molar-refractivity contribution < 1.29 is 4.42 Å². The summed E-state index contributed by atoms with van der Waals surface area (Å²) in [5.74, 6) is 3.44. The van der Waals surface area contributed by atoms with Crippen LogP contribution in [0.5, 0.6) is 0 Å². The molecule has 0 spiro atoms. The molecule has 0 aliphatic rings. The highest BCUT2D eigenvalue weighted by molar-refractivity contribution is 7.99. The monoisotopic (exact) mass is 217 g/mol. The Hall–Kier alpha value is -0.0900. The van der Waals surface area contributed by atoms with Gasteiger partial charge in [0.1, 0.15) is 5.76 Å². The first-order valence-electron chi connectivity index (χ1n) is 4.31. The zero-order chi connectivity index (χ0) is 9.84. The molecule has 0 bridgehead atoms. The van der Waals surface area contributed by atoms with E-state index in [-0.39, 0.29) is 0 Å². The predicted molar refractivity (Wildman–Crippen MR) is 59.7 cm³/mol. The molecule has 2 nitrogen and oxygen atoms in total. The lowest BCUT2D eigenvalue weighted by atomic mass is 10.3. The van der Waals surface area contributed by atoms with Gasteiger partial charge in [0.2, 0.25) is 0 Å². The number of rotatable bonds is 4. The van der Waals surface area contributed by atoms with Crippen LogP contribution in [0.3, 0.4) is 0 Å². The van der Waals surface area contributed by atoms with Gasteiger partial charge in [-0.2, -0.15) is 12.6 Å². The van der Waals surface area contributed by atoms with E-state index in [1.54, 1.807) is 11.8 Å². The average Bonchev–Trinajstić information content (AvgIpc) is 2.42. The Morgan fingerprint density at radius 3 is 2.69 bits per heavy atom. The predicted octanol–water partition coefficient (Wildman–Crippen LogP) is 2.95. The third kappa shape index (κ3) is 3.27. The summed E-state index contributed by atoms with van der Waals surface area (Å²) in [6, 6.07) is 0. The van der Waals surface area contributed by atoms with Gasteiger partial charge in [-0.05, 0) is 25.5 Å². The highest BCUT2D eigenvalue weighted by Gasteiger charge is 2.07. The summed E-state index contributed by atoms with van der Waals surface area (Å²) >= 11 is 5.88. The molecule has 1 heterocycles. The van der Waals surface area contributed by atoms with Crippen LogP contribution < -0.4 is 0 Å². The Kier molecular flexibility index (Phi) is 4.19. The number of thioether (sulfide) groups is 1. The lowest BCUT2D eigenvalue weighted by molar-refractivity contribution is 0.430. The van der Waals surface area contributed by atoms with E-state index >= 15 is 0 Å². The zero-order valence-electron chi connectivity index (χ0n) is 8.20. The highest BCUT2D eigenvalue weighted by Crippen LogP contribution is 2.22. The Morgan fingerprint density at radius 1 is 1.54 bits per heavy atom. The molecule has 0 N–H and O–H groups in total. The van der Waals surface area contributed by atoms with Crippen LogP contribution in [0.25, 0.3) is 0 Å². The molecule has 0 aromatic carbocycles. The van der Waals surface area contributed by atoms with E-state index in [9.17, 15) is 0 Å². The number of thiol groups is 1. The largest absolute Gasteiger partial charge is 0.437 e. The van der Waals surface area contributed by atoms with E-state index in [2.05, 4.69) is 24.5 Å². The van der Waals surface area contributed by atoms with E-state index in [0.29, 0.717) is 5.92 Å². The summed E-state index contributed by atoms with van der Waals surface area (Å²) < 4.78 is 5.44. The van der Waals surface area contributed by atoms with Crippen LogP contribution in [0.15, 0.2) is 9.64 Å². The molecule has 4 heteroatoms. The van der Waals surface area contributed by atoms with Crippen LogP contribution in [0.1, 0.15) is 18.4 Å². The summed E-state index contributed by atoms with van der Waals surface area (Å²) in [6.45, 7) is 6.07. The molecule has 13 heavy (non-hydrogen) atoms. The highest BCUT2D eigenvalue weighted by atomic mass is 32.2. The van der Waals surface area contributed by atoms with E-state index in [1.807, 2.05) is 13.8 Å². The summed E-state index contributed by atoms with van der Waals surface area (Å²) in [5, 5.41) is 0.781.